The summed E-state index contributed by atoms with van der Waals surface area (Å²) in [6.45, 7) is 2.85. The first-order valence-electron chi connectivity index (χ1n) is 7.50. The predicted molar refractivity (Wildman–Crippen MR) is 83.9 cm³/mol. The number of aliphatic hydroxyl groups excluding tert-OH is 2. The van der Waals surface area contributed by atoms with Crippen molar-refractivity contribution in [3.05, 3.63) is 0 Å². The van der Waals surface area contributed by atoms with E-state index in [9.17, 15) is 8.42 Å². The van der Waals surface area contributed by atoms with Crippen molar-refractivity contribution in [2.24, 2.45) is 0 Å². The Morgan fingerprint density at radius 1 is 0.696 bits per heavy atom. The third-order valence-electron chi connectivity index (χ3n) is 2.65. The molecule has 0 amide bonds. The molecule has 0 spiro atoms. The minimum atomic E-state index is -3.32. The van der Waals surface area contributed by atoms with Crippen LogP contribution >= 0.6 is 0 Å². The van der Waals surface area contributed by atoms with E-state index in [-0.39, 0.29) is 52.7 Å². The van der Waals surface area contributed by atoms with Crippen LogP contribution in [0, 0.1) is 0 Å². The number of aliphatic hydroxyl groups is 2. The quantitative estimate of drug-likeness (QED) is 0.295. The Morgan fingerprint density at radius 2 is 1.04 bits per heavy atom. The molecule has 0 heterocycles. The molecule has 0 aliphatic rings. The van der Waals surface area contributed by atoms with Crippen molar-refractivity contribution in [3.63, 3.8) is 0 Å². The average Bonchev–Trinajstić information content (AvgIpc) is 2.50. The van der Waals surface area contributed by atoms with Gasteiger partial charge in [-0.1, -0.05) is 0 Å². The third kappa shape index (κ3) is 15.0. The zero-order chi connectivity index (χ0) is 17.4. The second kappa shape index (κ2) is 15.2. The van der Waals surface area contributed by atoms with E-state index in [4.69, 9.17) is 29.2 Å². The van der Waals surface area contributed by atoms with Gasteiger partial charge in [-0.3, -0.25) is 0 Å². The molecule has 0 atom stereocenters. The SMILES string of the molecule is CS(=O)(=O)N(CCOCCOCCO)CCOCCOCCO. The largest absolute Gasteiger partial charge is 0.394 e. The molecule has 2 N–H and O–H groups in total. The number of nitrogens with zero attached hydrogens (tertiary/aromatic N) is 1. The molecule has 0 aromatic carbocycles. The van der Waals surface area contributed by atoms with E-state index in [1.165, 1.54) is 4.31 Å². The molecule has 0 aromatic rings. The molecule has 0 aromatic heterocycles. The Labute approximate surface area is 138 Å². The Balaban J connectivity index is 3.74. The molecule has 0 saturated heterocycles. The van der Waals surface area contributed by atoms with E-state index in [0.717, 1.165) is 6.26 Å². The normalized spacial score (nSPS) is 12.2. The maximum absolute atomic E-state index is 11.7. The van der Waals surface area contributed by atoms with Gasteiger partial charge in [0.15, 0.2) is 0 Å². The molecule has 9 nitrogen and oxygen atoms in total. The minimum absolute atomic E-state index is 0.0348. The molecule has 0 saturated carbocycles. The molecular weight excluding hydrogens is 330 g/mol. The summed E-state index contributed by atoms with van der Waals surface area (Å²) in [6.07, 6.45) is 1.14. The van der Waals surface area contributed by atoms with Crippen LogP contribution in [0.4, 0.5) is 0 Å². The van der Waals surface area contributed by atoms with Gasteiger partial charge in [0.2, 0.25) is 10.0 Å². The molecule has 140 valence electrons. The van der Waals surface area contributed by atoms with Crippen LogP contribution < -0.4 is 0 Å². The average molecular weight is 359 g/mol. The Morgan fingerprint density at radius 3 is 1.35 bits per heavy atom. The zero-order valence-corrected chi connectivity index (χ0v) is 14.5. The summed E-state index contributed by atoms with van der Waals surface area (Å²) >= 11 is 0. The van der Waals surface area contributed by atoms with Crippen molar-refractivity contribution in [2.75, 3.05) is 85.4 Å². The zero-order valence-electron chi connectivity index (χ0n) is 13.7. The predicted octanol–water partition coefficient (Wildman–Crippen LogP) is -1.70. The molecule has 0 bridgehead atoms. The van der Waals surface area contributed by atoms with Gasteiger partial charge < -0.3 is 29.2 Å². The standard InChI is InChI=1S/C13H29NO8S/c1-23(17,18)14(2-6-19-10-12-21-8-4-15)3-7-20-11-13-22-9-5-16/h15-16H,2-13H2,1H3. The fourth-order valence-corrected chi connectivity index (χ4v) is 2.36. The lowest BCUT2D eigenvalue weighted by Gasteiger charge is -2.19. The van der Waals surface area contributed by atoms with Crippen LogP contribution in [-0.4, -0.2) is 108 Å². The van der Waals surface area contributed by atoms with Crippen LogP contribution in [0.3, 0.4) is 0 Å². The molecular formula is C13H29NO8S. The van der Waals surface area contributed by atoms with Gasteiger partial charge >= 0.3 is 0 Å². The topological polar surface area (TPSA) is 115 Å². The van der Waals surface area contributed by atoms with E-state index in [1.807, 2.05) is 0 Å². The maximum Gasteiger partial charge on any atom is 0.211 e. The number of ether oxygens (including phenoxy) is 4. The van der Waals surface area contributed by atoms with E-state index < -0.39 is 10.0 Å². The molecule has 0 rings (SSSR count). The third-order valence-corrected chi connectivity index (χ3v) is 3.96. The second-order valence-electron chi connectivity index (χ2n) is 4.56. The van der Waals surface area contributed by atoms with Crippen molar-refractivity contribution < 1.29 is 37.6 Å². The monoisotopic (exact) mass is 359 g/mol. The number of rotatable bonds is 17. The molecule has 0 aliphatic carbocycles. The Kier molecular flexibility index (Phi) is 15.0. The fraction of sp³-hybridized carbons (Fsp3) is 1.00. The molecule has 0 fully saturated rings. The van der Waals surface area contributed by atoms with Gasteiger partial charge in [0, 0.05) is 13.1 Å². The summed E-state index contributed by atoms with van der Waals surface area (Å²) in [5, 5.41) is 17.0. The summed E-state index contributed by atoms with van der Waals surface area (Å²) in [4.78, 5) is 0. The second-order valence-corrected chi connectivity index (χ2v) is 6.54. The highest BCUT2D eigenvalue weighted by Crippen LogP contribution is 1.98. The van der Waals surface area contributed by atoms with E-state index in [2.05, 4.69) is 0 Å². The van der Waals surface area contributed by atoms with Crippen LogP contribution in [0.1, 0.15) is 0 Å². The van der Waals surface area contributed by atoms with Crippen LogP contribution in [-0.2, 0) is 29.0 Å². The van der Waals surface area contributed by atoms with E-state index >= 15 is 0 Å². The number of sulfonamides is 1. The summed E-state index contributed by atoms with van der Waals surface area (Å²) in [7, 11) is -3.32. The van der Waals surface area contributed by atoms with Crippen LogP contribution in [0.25, 0.3) is 0 Å². The highest BCUT2D eigenvalue weighted by Gasteiger charge is 2.15. The molecule has 10 heteroatoms. The van der Waals surface area contributed by atoms with Gasteiger partial charge in [-0.2, -0.15) is 4.31 Å². The van der Waals surface area contributed by atoms with Gasteiger partial charge in [0.05, 0.1) is 72.3 Å². The summed E-state index contributed by atoms with van der Waals surface area (Å²) in [6, 6.07) is 0. The van der Waals surface area contributed by atoms with Crippen molar-refractivity contribution in [1.82, 2.24) is 4.31 Å². The van der Waals surface area contributed by atoms with Crippen LogP contribution in [0.2, 0.25) is 0 Å². The van der Waals surface area contributed by atoms with Gasteiger partial charge in [-0.25, -0.2) is 8.42 Å². The molecule has 23 heavy (non-hydrogen) atoms. The lowest BCUT2D eigenvalue weighted by Crippen LogP contribution is -2.36. The van der Waals surface area contributed by atoms with E-state index in [0.29, 0.717) is 26.4 Å². The maximum atomic E-state index is 11.7. The highest BCUT2D eigenvalue weighted by atomic mass is 32.2. The molecule has 0 radical (unpaired) electrons. The summed E-state index contributed by atoms with van der Waals surface area (Å²) in [5.74, 6) is 0. The molecule has 0 aliphatic heterocycles. The Hall–Kier alpha value is -0.330. The van der Waals surface area contributed by atoms with Crippen molar-refractivity contribution in [1.29, 1.82) is 0 Å². The number of hydrogen-bond acceptors (Lipinski definition) is 8. The lowest BCUT2D eigenvalue weighted by molar-refractivity contribution is 0.0231. The first-order chi connectivity index (χ1) is 11.0. The molecule has 0 unspecified atom stereocenters. The first kappa shape index (κ1) is 22.7. The minimum Gasteiger partial charge on any atom is -0.394 e. The Bertz CT molecular complexity index is 334. The van der Waals surface area contributed by atoms with Crippen molar-refractivity contribution in [3.8, 4) is 0 Å². The number of hydrogen-bond donors (Lipinski definition) is 2. The van der Waals surface area contributed by atoms with Gasteiger partial charge in [0.25, 0.3) is 0 Å². The van der Waals surface area contributed by atoms with Crippen LogP contribution in [0.5, 0.6) is 0 Å². The summed E-state index contributed by atoms with van der Waals surface area (Å²) in [5.41, 5.74) is 0. The van der Waals surface area contributed by atoms with Crippen molar-refractivity contribution in [2.45, 2.75) is 0 Å². The van der Waals surface area contributed by atoms with Crippen LogP contribution in [0.15, 0.2) is 0 Å². The first-order valence-corrected chi connectivity index (χ1v) is 9.35. The summed E-state index contributed by atoms with van der Waals surface area (Å²) < 4.78 is 45.2. The van der Waals surface area contributed by atoms with Gasteiger partial charge in [-0.05, 0) is 0 Å². The van der Waals surface area contributed by atoms with Gasteiger partial charge in [-0.15, -0.1) is 0 Å². The fourth-order valence-electron chi connectivity index (χ4n) is 1.55. The van der Waals surface area contributed by atoms with Gasteiger partial charge in [0.1, 0.15) is 0 Å². The van der Waals surface area contributed by atoms with E-state index in [1.54, 1.807) is 0 Å². The highest BCUT2D eigenvalue weighted by molar-refractivity contribution is 7.88. The smallest absolute Gasteiger partial charge is 0.211 e. The lowest BCUT2D eigenvalue weighted by atomic mass is 10.6. The van der Waals surface area contributed by atoms with Crippen molar-refractivity contribution >= 4 is 10.0 Å².